The number of halogens is 2. The van der Waals surface area contributed by atoms with E-state index < -0.39 is 11.4 Å². The van der Waals surface area contributed by atoms with Crippen molar-refractivity contribution in [2.24, 2.45) is 5.92 Å². The minimum Gasteiger partial charge on any atom is -0.382 e. The fourth-order valence-electron chi connectivity index (χ4n) is 2.53. The zero-order chi connectivity index (χ0) is 14.0. The predicted octanol–water partition coefficient (Wildman–Crippen LogP) is 3.64. The lowest BCUT2D eigenvalue weighted by Crippen LogP contribution is -2.42. The van der Waals surface area contributed by atoms with Crippen molar-refractivity contribution in [3.63, 3.8) is 0 Å². The van der Waals surface area contributed by atoms with Crippen LogP contribution in [0.1, 0.15) is 38.2 Å². The summed E-state index contributed by atoms with van der Waals surface area (Å²) in [5.74, 6) is -0.114. The number of carbonyl (C=O) groups excluding carboxylic acids is 1. The molecular formula is C15H18BrFO2. The van der Waals surface area contributed by atoms with E-state index in [-0.39, 0.29) is 12.2 Å². The van der Waals surface area contributed by atoms with Crippen LogP contribution in [0.25, 0.3) is 0 Å². The minimum atomic E-state index is -1.26. The molecule has 0 radical (unpaired) electrons. The van der Waals surface area contributed by atoms with E-state index in [1.54, 1.807) is 12.1 Å². The molecule has 0 unspecified atom stereocenters. The molecule has 0 saturated heterocycles. The molecule has 1 N–H and O–H groups in total. The number of rotatable bonds is 3. The SMILES string of the molecule is CC1CCC(O)(C(=O)Cc2cc(Br)ccc2F)CC1. The van der Waals surface area contributed by atoms with Crippen LogP contribution >= 0.6 is 15.9 Å². The van der Waals surface area contributed by atoms with Gasteiger partial charge in [0.2, 0.25) is 0 Å². The maximum atomic E-state index is 13.6. The summed E-state index contributed by atoms with van der Waals surface area (Å²) >= 11 is 3.26. The molecule has 104 valence electrons. The first-order valence-corrected chi connectivity index (χ1v) is 7.39. The summed E-state index contributed by atoms with van der Waals surface area (Å²) < 4.78 is 14.4. The number of benzene rings is 1. The van der Waals surface area contributed by atoms with E-state index >= 15 is 0 Å². The predicted molar refractivity (Wildman–Crippen MR) is 75.4 cm³/mol. The Labute approximate surface area is 121 Å². The molecule has 0 spiro atoms. The van der Waals surface area contributed by atoms with Crippen LogP contribution in [0.15, 0.2) is 22.7 Å². The molecule has 1 aromatic rings. The van der Waals surface area contributed by atoms with Gasteiger partial charge in [-0.25, -0.2) is 4.39 Å². The summed E-state index contributed by atoms with van der Waals surface area (Å²) in [5, 5.41) is 10.4. The van der Waals surface area contributed by atoms with Gasteiger partial charge in [-0.15, -0.1) is 0 Å². The van der Waals surface area contributed by atoms with E-state index in [1.165, 1.54) is 6.07 Å². The highest BCUT2D eigenvalue weighted by Crippen LogP contribution is 2.33. The van der Waals surface area contributed by atoms with Crippen LogP contribution in [0.3, 0.4) is 0 Å². The average molecular weight is 329 g/mol. The van der Waals surface area contributed by atoms with Crippen LogP contribution in [-0.2, 0) is 11.2 Å². The lowest BCUT2D eigenvalue weighted by molar-refractivity contribution is -0.140. The van der Waals surface area contributed by atoms with Crippen molar-refractivity contribution < 1.29 is 14.3 Å². The van der Waals surface area contributed by atoms with Gasteiger partial charge >= 0.3 is 0 Å². The van der Waals surface area contributed by atoms with Crippen LogP contribution < -0.4 is 0 Å². The molecule has 1 fully saturated rings. The van der Waals surface area contributed by atoms with E-state index in [0.717, 1.165) is 17.3 Å². The zero-order valence-corrected chi connectivity index (χ0v) is 12.5. The fourth-order valence-corrected chi connectivity index (χ4v) is 2.94. The van der Waals surface area contributed by atoms with Gasteiger partial charge in [0, 0.05) is 10.9 Å². The lowest BCUT2D eigenvalue weighted by Gasteiger charge is -2.33. The van der Waals surface area contributed by atoms with Crippen LogP contribution in [0.5, 0.6) is 0 Å². The summed E-state index contributed by atoms with van der Waals surface area (Å²) in [5.41, 5.74) is -0.923. The van der Waals surface area contributed by atoms with Crippen LogP contribution in [0.4, 0.5) is 4.39 Å². The molecule has 4 heteroatoms. The van der Waals surface area contributed by atoms with E-state index in [1.807, 2.05) is 0 Å². The van der Waals surface area contributed by atoms with Crippen molar-refractivity contribution in [1.29, 1.82) is 0 Å². The second-order valence-corrected chi connectivity index (χ2v) is 6.47. The third-order valence-electron chi connectivity index (χ3n) is 3.98. The van der Waals surface area contributed by atoms with Gasteiger partial charge in [-0.3, -0.25) is 4.79 Å². The lowest BCUT2D eigenvalue weighted by atomic mass is 9.76. The van der Waals surface area contributed by atoms with E-state index in [0.29, 0.717) is 24.3 Å². The standard InChI is InChI=1S/C15H18BrFO2/c1-10-4-6-15(19,7-5-10)14(18)9-11-8-12(16)2-3-13(11)17/h2-3,8,10,19H,4-7,9H2,1H3. The molecule has 1 aliphatic rings. The number of aliphatic hydroxyl groups is 1. The normalized spacial score (nSPS) is 27.3. The molecule has 0 bridgehead atoms. The fraction of sp³-hybridized carbons (Fsp3) is 0.533. The van der Waals surface area contributed by atoms with Gasteiger partial charge in [-0.2, -0.15) is 0 Å². The van der Waals surface area contributed by atoms with Gasteiger partial charge in [0.15, 0.2) is 5.78 Å². The summed E-state index contributed by atoms with van der Waals surface area (Å²) in [6.07, 6.45) is 2.63. The van der Waals surface area contributed by atoms with Gasteiger partial charge in [-0.05, 0) is 55.4 Å². The van der Waals surface area contributed by atoms with Crippen molar-refractivity contribution in [2.75, 3.05) is 0 Å². The number of hydrogen-bond donors (Lipinski definition) is 1. The third-order valence-corrected chi connectivity index (χ3v) is 4.47. The Morgan fingerprint density at radius 2 is 2.11 bits per heavy atom. The highest BCUT2D eigenvalue weighted by Gasteiger charge is 2.38. The molecule has 0 amide bonds. The van der Waals surface area contributed by atoms with Crippen molar-refractivity contribution in [3.05, 3.63) is 34.1 Å². The van der Waals surface area contributed by atoms with Crippen LogP contribution in [0, 0.1) is 11.7 Å². The summed E-state index contributed by atoms with van der Waals surface area (Å²) in [6.45, 7) is 2.12. The highest BCUT2D eigenvalue weighted by molar-refractivity contribution is 9.10. The molecular weight excluding hydrogens is 311 g/mol. The second-order valence-electron chi connectivity index (χ2n) is 5.55. The molecule has 2 rings (SSSR count). The minimum absolute atomic E-state index is 0.0455. The summed E-state index contributed by atoms with van der Waals surface area (Å²) in [7, 11) is 0. The number of ketones is 1. The van der Waals surface area contributed by atoms with Gasteiger partial charge in [-0.1, -0.05) is 22.9 Å². The van der Waals surface area contributed by atoms with E-state index in [4.69, 9.17) is 0 Å². The second kappa shape index (κ2) is 5.71. The van der Waals surface area contributed by atoms with Crippen molar-refractivity contribution in [2.45, 2.75) is 44.6 Å². The first-order chi connectivity index (χ1) is 8.90. The number of Topliss-reactive ketones (excluding diaryl/α,β-unsaturated/α-hetero) is 1. The topological polar surface area (TPSA) is 37.3 Å². The summed E-state index contributed by atoms with van der Waals surface area (Å²) in [4.78, 5) is 12.2. The maximum Gasteiger partial charge on any atom is 0.168 e. The molecule has 0 aromatic heterocycles. The molecule has 0 atom stereocenters. The van der Waals surface area contributed by atoms with Crippen molar-refractivity contribution >= 4 is 21.7 Å². The Hall–Kier alpha value is -0.740. The van der Waals surface area contributed by atoms with Gasteiger partial charge in [0.25, 0.3) is 0 Å². The smallest absolute Gasteiger partial charge is 0.168 e. The monoisotopic (exact) mass is 328 g/mol. The van der Waals surface area contributed by atoms with Crippen molar-refractivity contribution in [1.82, 2.24) is 0 Å². The van der Waals surface area contributed by atoms with E-state index in [9.17, 15) is 14.3 Å². The number of carbonyl (C=O) groups is 1. The number of hydrogen-bond acceptors (Lipinski definition) is 2. The highest BCUT2D eigenvalue weighted by atomic mass is 79.9. The summed E-state index contributed by atoms with van der Waals surface area (Å²) in [6, 6.07) is 4.53. The molecule has 1 saturated carbocycles. The Morgan fingerprint density at radius 3 is 2.74 bits per heavy atom. The van der Waals surface area contributed by atoms with Gasteiger partial charge in [0.05, 0.1) is 0 Å². The van der Waals surface area contributed by atoms with Gasteiger partial charge in [0.1, 0.15) is 11.4 Å². The molecule has 0 heterocycles. The van der Waals surface area contributed by atoms with E-state index in [2.05, 4.69) is 22.9 Å². The quantitative estimate of drug-likeness (QED) is 0.919. The van der Waals surface area contributed by atoms with Crippen LogP contribution in [-0.4, -0.2) is 16.5 Å². The first kappa shape index (κ1) is 14.7. The Bertz CT molecular complexity index is 479. The molecule has 2 nitrogen and oxygen atoms in total. The molecule has 1 aliphatic carbocycles. The van der Waals surface area contributed by atoms with Gasteiger partial charge < -0.3 is 5.11 Å². The third kappa shape index (κ3) is 3.42. The molecule has 1 aromatic carbocycles. The Kier molecular flexibility index (Phi) is 4.41. The van der Waals surface area contributed by atoms with Crippen LogP contribution in [0.2, 0.25) is 0 Å². The molecule has 0 aliphatic heterocycles. The molecule has 19 heavy (non-hydrogen) atoms. The first-order valence-electron chi connectivity index (χ1n) is 6.60. The largest absolute Gasteiger partial charge is 0.382 e. The Balaban J connectivity index is 2.10. The zero-order valence-electron chi connectivity index (χ0n) is 11.0. The Morgan fingerprint density at radius 1 is 1.47 bits per heavy atom. The maximum absolute atomic E-state index is 13.6. The average Bonchev–Trinajstić information content (AvgIpc) is 2.37. The van der Waals surface area contributed by atoms with Crippen molar-refractivity contribution in [3.8, 4) is 0 Å².